The average Bonchev–Trinajstić information content (AvgIpc) is 2.52. The van der Waals surface area contributed by atoms with Crippen LogP contribution in [0.1, 0.15) is 43.4 Å². The summed E-state index contributed by atoms with van der Waals surface area (Å²) in [6.45, 7) is 4.57. The Morgan fingerprint density at radius 3 is 2.43 bits per heavy atom. The van der Waals surface area contributed by atoms with E-state index in [1.807, 2.05) is 30.3 Å². The van der Waals surface area contributed by atoms with Crippen LogP contribution in [-0.2, 0) is 0 Å². The number of nitrogen functional groups attached to an aromatic ring is 1. The minimum absolute atomic E-state index is 0.233. The van der Waals surface area contributed by atoms with Gasteiger partial charge in [0.05, 0.1) is 0 Å². The first-order valence-electron chi connectivity index (χ1n) is 7.37. The highest BCUT2D eigenvalue weighted by molar-refractivity contribution is 5.40. The Hall–Kier alpha value is -2.00. The molecule has 0 aliphatic heterocycles. The maximum absolute atomic E-state index is 10.2. The molecule has 0 aliphatic rings. The van der Waals surface area contributed by atoms with E-state index < -0.39 is 6.10 Å². The quantitative estimate of drug-likeness (QED) is 0.792. The highest BCUT2D eigenvalue weighted by Gasteiger charge is 2.12. The third-order valence-corrected chi connectivity index (χ3v) is 3.78. The van der Waals surface area contributed by atoms with Gasteiger partial charge in [0.15, 0.2) is 0 Å². The Morgan fingerprint density at radius 1 is 1.10 bits per heavy atom. The van der Waals surface area contributed by atoms with Crippen molar-refractivity contribution in [3.05, 3.63) is 59.7 Å². The lowest BCUT2D eigenvalue weighted by molar-refractivity contribution is 0.107. The van der Waals surface area contributed by atoms with Crippen molar-refractivity contribution in [1.82, 2.24) is 0 Å². The molecule has 2 unspecified atom stereocenters. The van der Waals surface area contributed by atoms with Crippen LogP contribution in [0.5, 0.6) is 5.75 Å². The van der Waals surface area contributed by atoms with E-state index in [1.165, 1.54) is 5.56 Å². The number of anilines is 1. The van der Waals surface area contributed by atoms with Gasteiger partial charge in [-0.15, -0.1) is 0 Å². The SMILES string of the molecule is CCC(C)c1ccccc1OCC(O)c1ccc(N)cc1. The fourth-order valence-electron chi connectivity index (χ4n) is 2.22. The molecule has 0 amide bonds. The molecule has 3 N–H and O–H groups in total. The molecule has 2 aromatic carbocycles. The number of aliphatic hydroxyl groups is 1. The van der Waals surface area contributed by atoms with E-state index in [4.69, 9.17) is 10.5 Å². The van der Waals surface area contributed by atoms with Gasteiger partial charge in [-0.2, -0.15) is 0 Å². The molecule has 2 aromatic rings. The van der Waals surface area contributed by atoms with Crippen molar-refractivity contribution in [1.29, 1.82) is 0 Å². The van der Waals surface area contributed by atoms with Crippen molar-refractivity contribution in [3.63, 3.8) is 0 Å². The van der Waals surface area contributed by atoms with Gasteiger partial charge in [-0.25, -0.2) is 0 Å². The van der Waals surface area contributed by atoms with Gasteiger partial charge in [-0.05, 0) is 41.7 Å². The average molecular weight is 285 g/mol. The van der Waals surface area contributed by atoms with Gasteiger partial charge < -0.3 is 15.6 Å². The third kappa shape index (κ3) is 3.99. The molecule has 0 aromatic heterocycles. The van der Waals surface area contributed by atoms with Crippen molar-refractivity contribution < 1.29 is 9.84 Å². The monoisotopic (exact) mass is 285 g/mol. The summed E-state index contributed by atoms with van der Waals surface area (Å²) in [6, 6.07) is 15.2. The molecule has 0 saturated carbocycles. The number of para-hydroxylation sites is 1. The first-order chi connectivity index (χ1) is 10.1. The molecule has 0 fully saturated rings. The van der Waals surface area contributed by atoms with Crippen LogP contribution < -0.4 is 10.5 Å². The van der Waals surface area contributed by atoms with Gasteiger partial charge in [0.25, 0.3) is 0 Å². The first kappa shape index (κ1) is 15.4. The van der Waals surface area contributed by atoms with Crippen molar-refractivity contribution in [3.8, 4) is 5.75 Å². The summed E-state index contributed by atoms with van der Waals surface area (Å²) in [5, 5.41) is 10.2. The predicted molar refractivity (Wildman–Crippen MR) is 86.5 cm³/mol. The van der Waals surface area contributed by atoms with Crippen LogP contribution in [0.3, 0.4) is 0 Å². The van der Waals surface area contributed by atoms with E-state index >= 15 is 0 Å². The highest BCUT2D eigenvalue weighted by atomic mass is 16.5. The topological polar surface area (TPSA) is 55.5 Å². The van der Waals surface area contributed by atoms with E-state index in [1.54, 1.807) is 12.1 Å². The van der Waals surface area contributed by atoms with Crippen LogP contribution in [0.15, 0.2) is 48.5 Å². The van der Waals surface area contributed by atoms with E-state index in [0.29, 0.717) is 11.6 Å². The number of aliphatic hydroxyl groups excluding tert-OH is 1. The van der Waals surface area contributed by atoms with Crippen molar-refractivity contribution in [2.75, 3.05) is 12.3 Å². The van der Waals surface area contributed by atoms with Crippen molar-refractivity contribution in [2.24, 2.45) is 0 Å². The largest absolute Gasteiger partial charge is 0.490 e. The summed E-state index contributed by atoms with van der Waals surface area (Å²) in [6.07, 6.45) is 0.400. The standard InChI is InChI=1S/C18H23NO2/c1-3-13(2)16-6-4-5-7-18(16)21-12-17(20)14-8-10-15(19)11-9-14/h4-11,13,17,20H,3,12,19H2,1-2H3. The second-order valence-corrected chi connectivity index (χ2v) is 5.34. The molecular weight excluding hydrogens is 262 g/mol. The number of benzene rings is 2. The van der Waals surface area contributed by atoms with Crippen LogP contribution in [0, 0.1) is 0 Å². The number of hydrogen-bond donors (Lipinski definition) is 2. The molecule has 0 bridgehead atoms. The molecule has 2 rings (SSSR count). The van der Waals surface area contributed by atoms with Crippen LogP contribution in [0.2, 0.25) is 0 Å². The van der Waals surface area contributed by atoms with Crippen molar-refractivity contribution in [2.45, 2.75) is 32.3 Å². The zero-order valence-corrected chi connectivity index (χ0v) is 12.6. The van der Waals surface area contributed by atoms with Gasteiger partial charge in [-0.3, -0.25) is 0 Å². The van der Waals surface area contributed by atoms with Gasteiger partial charge in [0.2, 0.25) is 0 Å². The highest BCUT2D eigenvalue weighted by Crippen LogP contribution is 2.29. The Kier molecular flexibility index (Phi) is 5.23. The second-order valence-electron chi connectivity index (χ2n) is 5.34. The Balaban J connectivity index is 2.04. The minimum Gasteiger partial charge on any atom is -0.490 e. The van der Waals surface area contributed by atoms with E-state index in [0.717, 1.165) is 17.7 Å². The smallest absolute Gasteiger partial charge is 0.122 e. The summed E-state index contributed by atoms with van der Waals surface area (Å²) in [5.41, 5.74) is 8.33. The van der Waals surface area contributed by atoms with E-state index in [-0.39, 0.29) is 6.61 Å². The van der Waals surface area contributed by atoms with E-state index in [2.05, 4.69) is 19.9 Å². The molecule has 21 heavy (non-hydrogen) atoms. The molecule has 0 radical (unpaired) electrons. The van der Waals surface area contributed by atoms with Gasteiger partial charge in [0, 0.05) is 5.69 Å². The lowest BCUT2D eigenvalue weighted by Gasteiger charge is -2.18. The zero-order valence-electron chi connectivity index (χ0n) is 12.6. The second kappa shape index (κ2) is 7.14. The summed E-state index contributed by atoms with van der Waals surface area (Å²) < 4.78 is 5.83. The van der Waals surface area contributed by atoms with Gasteiger partial charge in [0.1, 0.15) is 18.5 Å². The first-order valence-corrected chi connectivity index (χ1v) is 7.37. The lowest BCUT2D eigenvalue weighted by Crippen LogP contribution is -2.11. The molecule has 112 valence electrons. The summed E-state index contributed by atoms with van der Waals surface area (Å²) in [5.74, 6) is 1.29. The molecule has 0 saturated heterocycles. The molecule has 2 atom stereocenters. The molecule has 0 aliphatic carbocycles. The van der Waals surface area contributed by atoms with Crippen molar-refractivity contribution >= 4 is 5.69 Å². The predicted octanol–water partition coefficient (Wildman–Crippen LogP) is 3.89. The molecule has 3 heteroatoms. The van der Waals surface area contributed by atoms with Crippen LogP contribution in [0.25, 0.3) is 0 Å². The molecular formula is C18H23NO2. The van der Waals surface area contributed by atoms with Crippen LogP contribution in [-0.4, -0.2) is 11.7 Å². The maximum Gasteiger partial charge on any atom is 0.122 e. The molecule has 0 heterocycles. The van der Waals surface area contributed by atoms with Gasteiger partial charge in [-0.1, -0.05) is 44.2 Å². The summed E-state index contributed by atoms with van der Waals surface area (Å²) in [4.78, 5) is 0. The van der Waals surface area contributed by atoms with E-state index in [9.17, 15) is 5.11 Å². The Morgan fingerprint density at radius 2 is 1.76 bits per heavy atom. The summed E-state index contributed by atoms with van der Waals surface area (Å²) >= 11 is 0. The van der Waals surface area contributed by atoms with Gasteiger partial charge >= 0.3 is 0 Å². The Bertz CT molecular complexity index is 566. The maximum atomic E-state index is 10.2. The normalized spacial score (nSPS) is 13.7. The number of rotatable bonds is 6. The fourth-order valence-corrected chi connectivity index (χ4v) is 2.22. The number of nitrogens with two attached hydrogens (primary N) is 1. The number of hydrogen-bond acceptors (Lipinski definition) is 3. The van der Waals surface area contributed by atoms with Crippen LogP contribution >= 0.6 is 0 Å². The summed E-state index contributed by atoms with van der Waals surface area (Å²) in [7, 11) is 0. The minimum atomic E-state index is -0.657. The fraction of sp³-hybridized carbons (Fsp3) is 0.333. The van der Waals surface area contributed by atoms with Crippen LogP contribution in [0.4, 0.5) is 5.69 Å². The zero-order chi connectivity index (χ0) is 15.2. The third-order valence-electron chi connectivity index (χ3n) is 3.78. The lowest BCUT2D eigenvalue weighted by atomic mass is 9.98. The number of ether oxygens (including phenoxy) is 1. The molecule has 3 nitrogen and oxygen atoms in total. The Labute approximate surface area is 126 Å². The molecule has 0 spiro atoms.